The first kappa shape index (κ1) is 19.0. The highest BCUT2D eigenvalue weighted by Crippen LogP contribution is 2.52. The van der Waals surface area contributed by atoms with Crippen molar-refractivity contribution in [2.24, 2.45) is 5.41 Å². The SMILES string of the molecule is CC(C)(C)OC(=O)N1CCC2(CC1)CC(S(=O)(=O)c1ccc(N)cc1)C2. The Morgan fingerprint density at radius 1 is 1.15 bits per heavy atom. The van der Waals surface area contributed by atoms with Gasteiger partial charge in [0.2, 0.25) is 0 Å². The summed E-state index contributed by atoms with van der Waals surface area (Å²) in [7, 11) is -3.31. The van der Waals surface area contributed by atoms with Gasteiger partial charge in [-0.15, -0.1) is 0 Å². The molecule has 0 bridgehead atoms. The second kappa shape index (κ2) is 6.44. The van der Waals surface area contributed by atoms with Crippen LogP contribution in [0.25, 0.3) is 0 Å². The highest BCUT2D eigenvalue weighted by molar-refractivity contribution is 7.92. The van der Waals surface area contributed by atoms with Crippen LogP contribution in [0, 0.1) is 5.41 Å². The van der Waals surface area contributed by atoms with Gasteiger partial charge in [0.25, 0.3) is 0 Å². The highest BCUT2D eigenvalue weighted by Gasteiger charge is 2.51. The van der Waals surface area contributed by atoms with Crippen molar-refractivity contribution in [2.45, 2.75) is 62.2 Å². The zero-order valence-corrected chi connectivity index (χ0v) is 16.5. The zero-order valence-electron chi connectivity index (χ0n) is 15.7. The van der Waals surface area contributed by atoms with Gasteiger partial charge in [0.15, 0.2) is 9.84 Å². The Labute approximate surface area is 155 Å². The number of piperidine rings is 1. The van der Waals surface area contributed by atoms with Crippen LogP contribution < -0.4 is 5.73 Å². The number of amides is 1. The van der Waals surface area contributed by atoms with Crippen molar-refractivity contribution in [1.29, 1.82) is 0 Å². The smallest absolute Gasteiger partial charge is 0.410 e. The van der Waals surface area contributed by atoms with Crippen molar-refractivity contribution in [3.8, 4) is 0 Å². The first-order chi connectivity index (χ1) is 12.0. The number of carbonyl (C=O) groups excluding carboxylic acids is 1. The summed E-state index contributed by atoms with van der Waals surface area (Å²) >= 11 is 0. The van der Waals surface area contributed by atoms with E-state index in [1.54, 1.807) is 29.2 Å². The van der Waals surface area contributed by atoms with Crippen LogP contribution in [-0.4, -0.2) is 43.4 Å². The van der Waals surface area contributed by atoms with E-state index in [1.165, 1.54) is 0 Å². The number of benzene rings is 1. The summed E-state index contributed by atoms with van der Waals surface area (Å²) in [6.07, 6.45) is 2.72. The maximum Gasteiger partial charge on any atom is 0.410 e. The van der Waals surface area contributed by atoms with Gasteiger partial charge in [-0.25, -0.2) is 13.2 Å². The number of hydrogen-bond donors (Lipinski definition) is 1. The van der Waals surface area contributed by atoms with Gasteiger partial charge in [0, 0.05) is 18.8 Å². The second-order valence-corrected chi connectivity index (χ2v) is 10.8. The molecule has 1 aliphatic heterocycles. The van der Waals surface area contributed by atoms with Gasteiger partial charge in [0.1, 0.15) is 5.60 Å². The predicted molar refractivity (Wildman–Crippen MR) is 101 cm³/mol. The summed E-state index contributed by atoms with van der Waals surface area (Å²) in [5, 5.41) is -0.334. The van der Waals surface area contributed by atoms with Gasteiger partial charge in [-0.2, -0.15) is 0 Å². The number of ether oxygens (including phenoxy) is 1. The molecule has 1 aliphatic carbocycles. The molecule has 0 unspecified atom stereocenters. The van der Waals surface area contributed by atoms with E-state index in [4.69, 9.17) is 10.5 Å². The molecular formula is C19H28N2O4S. The number of nitrogens with zero attached hydrogens (tertiary/aromatic N) is 1. The van der Waals surface area contributed by atoms with Crippen molar-refractivity contribution in [1.82, 2.24) is 4.90 Å². The van der Waals surface area contributed by atoms with Crippen molar-refractivity contribution in [3.63, 3.8) is 0 Å². The van der Waals surface area contributed by atoms with E-state index in [2.05, 4.69) is 0 Å². The van der Waals surface area contributed by atoms with E-state index < -0.39 is 15.4 Å². The van der Waals surface area contributed by atoms with E-state index in [9.17, 15) is 13.2 Å². The van der Waals surface area contributed by atoms with Crippen LogP contribution in [0.15, 0.2) is 29.2 Å². The number of likely N-dealkylation sites (tertiary alicyclic amines) is 1. The molecule has 1 saturated heterocycles. The lowest BCUT2D eigenvalue weighted by atomic mass is 9.63. The largest absolute Gasteiger partial charge is 0.444 e. The van der Waals surface area contributed by atoms with Crippen LogP contribution in [0.4, 0.5) is 10.5 Å². The molecule has 1 aromatic rings. The Balaban J connectivity index is 1.57. The minimum atomic E-state index is -3.31. The van der Waals surface area contributed by atoms with E-state index in [-0.39, 0.29) is 16.8 Å². The Kier molecular flexibility index (Phi) is 4.71. The molecule has 2 aliphatic rings. The molecule has 2 fully saturated rings. The Morgan fingerprint density at radius 3 is 2.19 bits per heavy atom. The molecule has 26 heavy (non-hydrogen) atoms. The predicted octanol–water partition coefficient (Wildman–Crippen LogP) is 3.22. The number of sulfone groups is 1. The van der Waals surface area contributed by atoms with Crippen LogP contribution in [0.3, 0.4) is 0 Å². The van der Waals surface area contributed by atoms with Gasteiger partial charge in [-0.05, 0) is 76.1 Å². The molecule has 1 spiro atoms. The monoisotopic (exact) mass is 380 g/mol. The molecule has 2 N–H and O–H groups in total. The lowest BCUT2D eigenvalue weighted by Gasteiger charge is -2.51. The minimum Gasteiger partial charge on any atom is -0.444 e. The Bertz CT molecular complexity index is 765. The summed E-state index contributed by atoms with van der Waals surface area (Å²) in [6, 6.07) is 6.42. The molecular weight excluding hydrogens is 352 g/mol. The van der Waals surface area contributed by atoms with E-state index in [0.717, 1.165) is 12.8 Å². The summed E-state index contributed by atoms with van der Waals surface area (Å²) in [5.74, 6) is 0. The number of nitrogens with two attached hydrogens (primary N) is 1. The molecule has 0 radical (unpaired) electrons. The number of hydrogen-bond acceptors (Lipinski definition) is 5. The van der Waals surface area contributed by atoms with Crippen molar-refractivity contribution >= 4 is 21.6 Å². The van der Waals surface area contributed by atoms with E-state index >= 15 is 0 Å². The third-order valence-corrected chi connectivity index (χ3v) is 7.58. The minimum absolute atomic E-state index is 0.0457. The second-order valence-electron chi connectivity index (χ2n) is 8.61. The highest BCUT2D eigenvalue weighted by atomic mass is 32.2. The number of nitrogen functional groups attached to an aromatic ring is 1. The van der Waals surface area contributed by atoms with Crippen LogP contribution >= 0.6 is 0 Å². The van der Waals surface area contributed by atoms with Crippen molar-refractivity contribution < 1.29 is 17.9 Å². The van der Waals surface area contributed by atoms with Gasteiger partial charge >= 0.3 is 6.09 Å². The molecule has 1 heterocycles. The van der Waals surface area contributed by atoms with Gasteiger partial charge in [-0.1, -0.05) is 0 Å². The van der Waals surface area contributed by atoms with Gasteiger partial charge < -0.3 is 15.4 Å². The molecule has 6 nitrogen and oxygen atoms in total. The normalized spacial score (nSPS) is 20.7. The van der Waals surface area contributed by atoms with Crippen LogP contribution in [0.1, 0.15) is 46.5 Å². The third kappa shape index (κ3) is 3.82. The van der Waals surface area contributed by atoms with Crippen LogP contribution in [0.5, 0.6) is 0 Å². The molecule has 0 aromatic heterocycles. The van der Waals surface area contributed by atoms with Gasteiger partial charge in [0.05, 0.1) is 10.1 Å². The molecule has 7 heteroatoms. The van der Waals surface area contributed by atoms with Crippen molar-refractivity contribution in [3.05, 3.63) is 24.3 Å². The van der Waals surface area contributed by atoms with Gasteiger partial charge in [-0.3, -0.25) is 0 Å². The molecule has 1 amide bonds. The fourth-order valence-corrected chi connectivity index (χ4v) is 5.92. The number of rotatable bonds is 2. The molecule has 1 aromatic carbocycles. The molecule has 0 atom stereocenters. The average Bonchev–Trinajstić information content (AvgIpc) is 2.51. The summed E-state index contributed by atoms with van der Waals surface area (Å²) in [4.78, 5) is 14.2. The Hall–Kier alpha value is -1.76. The average molecular weight is 381 g/mol. The summed E-state index contributed by atoms with van der Waals surface area (Å²) in [6.45, 7) is 6.83. The maximum absolute atomic E-state index is 12.8. The lowest BCUT2D eigenvalue weighted by Crippen LogP contribution is -2.53. The lowest BCUT2D eigenvalue weighted by molar-refractivity contribution is -0.00428. The molecule has 144 valence electrons. The van der Waals surface area contributed by atoms with Crippen molar-refractivity contribution in [2.75, 3.05) is 18.8 Å². The van der Waals surface area contributed by atoms with E-state index in [0.29, 0.717) is 36.5 Å². The first-order valence-electron chi connectivity index (χ1n) is 9.08. The third-order valence-electron chi connectivity index (χ3n) is 5.44. The number of carbonyl (C=O) groups is 1. The first-order valence-corrected chi connectivity index (χ1v) is 10.6. The van der Waals surface area contributed by atoms with Crippen LogP contribution in [0.2, 0.25) is 0 Å². The summed E-state index contributed by atoms with van der Waals surface area (Å²) in [5.41, 5.74) is 5.75. The summed E-state index contributed by atoms with van der Waals surface area (Å²) < 4.78 is 30.9. The fourth-order valence-electron chi connectivity index (χ4n) is 3.87. The fraction of sp³-hybridized carbons (Fsp3) is 0.632. The molecule has 1 saturated carbocycles. The van der Waals surface area contributed by atoms with E-state index in [1.807, 2.05) is 20.8 Å². The standard InChI is InChI=1S/C19H28N2O4S/c1-18(2,3)25-17(22)21-10-8-19(9-11-21)12-16(13-19)26(23,24)15-6-4-14(20)5-7-15/h4-7,16H,8-13,20H2,1-3H3. The maximum atomic E-state index is 12.8. The molecule has 3 rings (SSSR count). The number of anilines is 1. The Morgan fingerprint density at radius 2 is 1.69 bits per heavy atom. The topological polar surface area (TPSA) is 89.7 Å². The zero-order chi connectivity index (χ0) is 19.2. The quantitative estimate of drug-likeness (QED) is 0.796. The van der Waals surface area contributed by atoms with Crippen LogP contribution in [-0.2, 0) is 14.6 Å².